The second kappa shape index (κ2) is 17.4. The molecule has 0 bridgehead atoms. The molecule has 0 atom stereocenters. The largest absolute Gasteiger partial charge is 0.103 e. The van der Waals surface area contributed by atoms with Crippen molar-refractivity contribution in [2.75, 3.05) is 0 Å². The van der Waals surface area contributed by atoms with Gasteiger partial charge >= 0.3 is 0 Å². The van der Waals surface area contributed by atoms with E-state index in [-0.39, 0.29) is 0 Å². The molecule has 0 N–H and O–H groups in total. The van der Waals surface area contributed by atoms with Gasteiger partial charge in [0.25, 0.3) is 0 Å². The summed E-state index contributed by atoms with van der Waals surface area (Å²) in [6.45, 7) is 9.29. The normalized spacial score (nSPS) is 9.92. The lowest BCUT2D eigenvalue weighted by Crippen LogP contribution is -1.38. The van der Waals surface area contributed by atoms with Crippen LogP contribution in [0.15, 0.2) is 35.6 Å². The molecule has 0 amide bonds. The van der Waals surface area contributed by atoms with Gasteiger partial charge in [0.05, 0.1) is 0 Å². The standard InChI is InChI=1S/C6H10S3.C3H6/c1-3-5-7-9-8-6-4-2;1-3-2/h3-6H,1-2H3;3H,1H2,2H3. The third kappa shape index (κ3) is 22.4. The van der Waals surface area contributed by atoms with Crippen LogP contribution < -0.4 is 0 Å². The number of hydrogen-bond acceptors (Lipinski definition) is 3. The van der Waals surface area contributed by atoms with Crippen molar-refractivity contribution >= 4 is 31.4 Å². The van der Waals surface area contributed by atoms with Crippen molar-refractivity contribution in [1.82, 2.24) is 0 Å². The highest BCUT2D eigenvalue weighted by atomic mass is 33.5. The Bertz CT molecular complexity index is 116. The van der Waals surface area contributed by atoms with E-state index in [0.29, 0.717) is 0 Å². The maximum Gasteiger partial charge on any atom is -0.0158 e. The van der Waals surface area contributed by atoms with E-state index in [1.807, 2.05) is 32.9 Å². The predicted octanol–water partition coefficient (Wildman–Crippen LogP) is 5.28. The van der Waals surface area contributed by atoms with E-state index in [2.05, 4.69) is 17.4 Å². The Morgan fingerprint density at radius 3 is 1.50 bits per heavy atom. The van der Waals surface area contributed by atoms with Crippen LogP contribution in [0, 0.1) is 0 Å². The summed E-state index contributed by atoms with van der Waals surface area (Å²) in [6.07, 6.45) is 5.82. The molecule has 0 radical (unpaired) electrons. The summed E-state index contributed by atoms with van der Waals surface area (Å²) >= 11 is 0. The summed E-state index contributed by atoms with van der Waals surface area (Å²) < 4.78 is 0. The van der Waals surface area contributed by atoms with Crippen LogP contribution in [-0.2, 0) is 0 Å². The van der Waals surface area contributed by atoms with Crippen LogP contribution >= 0.6 is 31.4 Å². The van der Waals surface area contributed by atoms with Gasteiger partial charge in [-0.1, -0.05) is 39.8 Å². The summed E-state index contributed by atoms with van der Waals surface area (Å²) in [7, 11) is 5.24. The number of rotatable bonds is 4. The topological polar surface area (TPSA) is 0 Å². The zero-order valence-corrected chi connectivity index (χ0v) is 10.3. The molecule has 3 heteroatoms. The van der Waals surface area contributed by atoms with E-state index < -0.39 is 0 Å². The van der Waals surface area contributed by atoms with Gasteiger partial charge in [-0.15, -0.1) is 6.58 Å². The van der Waals surface area contributed by atoms with Crippen molar-refractivity contribution in [3.8, 4) is 0 Å². The van der Waals surface area contributed by atoms with Gasteiger partial charge in [-0.25, -0.2) is 0 Å². The Hall–Kier alpha value is 0.270. The fourth-order valence-electron chi connectivity index (χ4n) is 0.179. The fourth-order valence-corrected chi connectivity index (χ4v) is 2.84. The highest BCUT2D eigenvalue weighted by molar-refractivity contribution is 9.10. The summed E-state index contributed by atoms with van der Waals surface area (Å²) in [4.78, 5) is 0. The first kappa shape index (κ1) is 14.8. The number of allylic oxidation sites excluding steroid dienone is 3. The van der Waals surface area contributed by atoms with E-state index >= 15 is 0 Å². The average Bonchev–Trinajstić information content (AvgIpc) is 2.06. The Labute approximate surface area is 87.8 Å². The van der Waals surface area contributed by atoms with Crippen LogP contribution in [0.1, 0.15) is 20.8 Å². The first-order valence-electron chi connectivity index (χ1n) is 3.61. The van der Waals surface area contributed by atoms with Crippen molar-refractivity contribution in [3.63, 3.8) is 0 Å². The highest BCUT2D eigenvalue weighted by Gasteiger charge is 1.78. The van der Waals surface area contributed by atoms with E-state index in [1.54, 1.807) is 37.5 Å². The van der Waals surface area contributed by atoms with Crippen LogP contribution in [0.5, 0.6) is 0 Å². The van der Waals surface area contributed by atoms with Crippen LogP contribution in [0.3, 0.4) is 0 Å². The molecule has 0 fully saturated rings. The zero-order valence-electron chi connectivity index (χ0n) is 7.82. The van der Waals surface area contributed by atoms with Crippen molar-refractivity contribution in [1.29, 1.82) is 0 Å². The minimum Gasteiger partial charge on any atom is -0.103 e. The Balaban J connectivity index is 0. The molecule has 0 spiro atoms. The van der Waals surface area contributed by atoms with Gasteiger partial charge in [-0.2, -0.15) is 0 Å². The molecular formula is C9H16S3. The van der Waals surface area contributed by atoms with Crippen LogP contribution in [0.25, 0.3) is 0 Å². The van der Waals surface area contributed by atoms with E-state index in [9.17, 15) is 0 Å². The molecule has 0 heterocycles. The Morgan fingerprint density at radius 2 is 1.25 bits per heavy atom. The van der Waals surface area contributed by atoms with Crippen LogP contribution in [0.2, 0.25) is 0 Å². The van der Waals surface area contributed by atoms with Crippen molar-refractivity contribution in [2.24, 2.45) is 0 Å². The molecule has 0 saturated carbocycles. The molecule has 0 nitrogen and oxygen atoms in total. The maximum atomic E-state index is 3.36. The third-order valence-corrected chi connectivity index (χ3v) is 3.94. The minimum atomic E-state index is 1.74. The van der Waals surface area contributed by atoms with E-state index in [1.165, 1.54) is 0 Å². The van der Waals surface area contributed by atoms with E-state index in [4.69, 9.17) is 0 Å². The molecule has 0 aromatic heterocycles. The van der Waals surface area contributed by atoms with Crippen molar-refractivity contribution in [2.45, 2.75) is 20.8 Å². The van der Waals surface area contributed by atoms with Crippen molar-refractivity contribution in [3.05, 3.63) is 35.6 Å². The van der Waals surface area contributed by atoms with Gasteiger partial charge in [0.1, 0.15) is 0 Å². The van der Waals surface area contributed by atoms with Gasteiger partial charge in [0, 0.05) is 0 Å². The summed E-state index contributed by atoms with van der Waals surface area (Å²) in [5, 5.41) is 4.14. The zero-order chi connectivity index (χ0) is 9.66. The second-order valence-corrected chi connectivity index (χ2v) is 5.46. The Kier molecular flexibility index (Phi) is 21.4. The van der Waals surface area contributed by atoms with Gasteiger partial charge in [0.2, 0.25) is 0 Å². The molecule has 0 saturated heterocycles. The van der Waals surface area contributed by atoms with Crippen LogP contribution in [0.4, 0.5) is 0 Å². The number of hydrogen-bond donors (Lipinski definition) is 0. The fraction of sp³-hybridized carbons (Fsp3) is 0.333. The molecule has 0 aliphatic heterocycles. The monoisotopic (exact) mass is 220 g/mol. The lowest BCUT2D eigenvalue weighted by molar-refractivity contribution is 1.79. The maximum absolute atomic E-state index is 3.36. The quantitative estimate of drug-likeness (QED) is 0.359. The molecular weight excluding hydrogens is 204 g/mol. The molecule has 0 aromatic rings. The predicted molar refractivity (Wildman–Crippen MR) is 68.3 cm³/mol. The van der Waals surface area contributed by atoms with E-state index in [0.717, 1.165) is 0 Å². The lowest BCUT2D eigenvalue weighted by Gasteiger charge is -1.85. The van der Waals surface area contributed by atoms with Gasteiger partial charge < -0.3 is 0 Å². The summed E-state index contributed by atoms with van der Waals surface area (Å²) in [5.74, 6) is 0. The average molecular weight is 220 g/mol. The summed E-state index contributed by atoms with van der Waals surface area (Å²) in [6, 6.07) is 0. The third-order valence-electron chi connectivity index (χ3n) is 0.462. The summed E-state index contributed by atoms with van der Waals surface area (Å²) in [5.41, 5.74) is 0. The molecule has 0 unspecified atom stereocenters. The van der Waals surface area contributed by atoms with Crippen molar-refractivity contribution < 1.29 is 0 Å². The molecule has 70 valence electrons. The van der Waals surface area contributed by atoms with Gasteiger partial charge in [0.15, 0.2) is 0 Å². The molecule has 0 aliphatic rings. The molecule has 0 aliphatic carbocycles. The second-order valence-electron chi connectivity index (χ2n) is 1.61. The van der Waals surface area contributed by atoms with Gasteiger partial charge in [-0.3, -0.25) is 0 Å². The van der Waals surface area contributed by atoms with Crippen LogP contribution in [-0.4, -0.2) is 0 Å². The first-order valence-corrected chi connectivity index (χ1v) is 7.22. The first-order chi connectivity index (χ1) is 5.83. The minimum absolute atomic E-state index is 1.74. The lowest BCUT2D eigenvalue weighted by atomic mass is 10.8. The molecule has 0 aromatic carbocycles. The molecule has 0 rings (SSSR count). The Morgan fingerprint density at radius 1 is 0.917 bits per heavy atom. The smallest absolute Gasteiger partial charge is 0.0158 e. The van der Waals surface area contributed by atoms with Gasteiger partial charge in [-0.05, 0) is 41.4 Å². The SMILES string of the molecule is C=CC.CC=CSSSC=CC. The molecule has 12 heavy (non-hydrogen) atoms. The highest BCUT2D eigenvalue weighted by Crippen LogP contribution is 2.35.